The lowest BCUT2D eigenvalue weighted by molar-refractivity contribution is -0.133. The molecule has 0 unspecified atom stereocenters. The number of carbonyl (C=O) groups is 1. The van der Waals surface area contributed by atoms with Crippen LogP contribution >= 0.6 is 0 Å². The summed E-state index contributed by atoms with van der Waals surface area (Å²) >= 11 is 0. The zero-order valence-electron chi connectivity index (χ0n) is 8.26. The van der Waals surface area contributed by atoms with Gasteiger partial charge in [0, 0.05) is 12.7 Å². The quantitative estimate of drug-likeness (QED) is 0.575. The highest BCUT2D eigenvalue weighted by atomic mass is 19.4. The topological polar surface area (TPSA) is 64.7 Å². The average molecular weight is 224 g/mol. The van der Waals surface area contributed by atoms with Crippen molar-refractivity contribution in [2.24, 2.45) is 10.7 Å². The molecule has 0 aromatic rings. The number of carbonyl (C=O) groups excluding carboxylic acids is 1. The molecule has 2 N–H and O–H groups in total. The van der Waals surface area contributed by atoms with E-state index in [0.717, 1.165) is 7.11 Å². The van der Waals surface area contributed by atoms with Crippen molar-refractivity contribution in [3.05, 3.63) is 11.8 Å². The van der Waals surface area contributed by atoms with Gasteiger partial charge in [-0.15, -0.1) is 0 Å². The molecule has 0 fully saturated rings. The number of nitrogens with zero attached hydrogens (tertiary/aromatic N) is 1. The molecule has 0 aromatic heterocycles. The highest BCUT2D eigenvalue weighted by molar-refractivity contribution is 6.43. The number of halogens is 3. The van der Waals surface area contributed by atoms with Crippen LogP contribution in [0.4, 0.5) is 13.2 Å². The molecular formula is C8H11F3N2O2. The van der Waals surface area contributed by atoms with Gasteiger partial charge in [-0.25, -0.2) is 4.79 Å². The summed E-state index contributed by atoms with van der Waals surface area (Å²) in [4.78, 5) is 14.4. The van der Waals surface area contributed by atoms with E-state index in [2.05, 4.69) is 9.73 Å². The second kappa shape index (κ2) is 5.38. The molecule has 0 amide bonds. The number of rotatable bonds is 3. The molecule has 0 heterocycles. The standard InChI is InChI=1S/C8H11F3N2O2/c1-3-13-6(7(14)15-2)5(4-12)8(9,10)11/h4H,3,12H2,1-2H3/b5-4+,13-6?. The Morgan fingerprint density at radius 3 is 2.33 bits per heavy atom. The van der Waals surface area contributed by atoms with Crippen molar-refractivity contribution in [2.75, 3.05) is 13.7 Å². The van der Waals surface area contributed by atoms with Crippen LogP contribution in [-0.4, -0.2) is 31.5 Å². The minimum Gasteiger partial charge on any atom is -0.464 e. The Hall–Kier alpha value is -1.53. The first-order valence-corrected chi connectivity index (χ1v) is 4.00. The van der Waals surface area contributed by atoms with Gasteiger partial charge in [0.25, 0.3) is 0 Å². The van der Waals surface area contributed by atoms with Gasteiger partial charge in [-0.1, -0.05) is 0 Å². The van der Waals surface area contributed by atoms with Gasteiger partial charge in [-0.05, 0) is 6.92 Å². The van der Waals surface area contributed by atoms with Crippen LogP contribution in [-0.2, 0) is 9.53 Å². The van der Waals surface area contributed by atoms with Crippen molar-refractivity contribution in [1.82, 2.24) is 0 Å². The third-order valence-electron chi connectivity index (χ3n) is 1.42. The highest BCUT2D eigenvalue weighted by Crippen LogP contribution is 2.26. The summed E-state index contributed by atoms with van der Waals surface area (Å²) in [5.41, 5.74) is 2.71. The molecule has 15 heavy (non-hydrogen) atoms. The van der Waals surface area contributed by atoms with Crippen molar-refractivity contribution in [1.29, 1.82) is 0 Å². The van der Waals surface area contributed by atoms with Gasteiger partial charge < -0.3 is 10.5 Å². The number of methoxy groups -OCH3 is 1. The number of alkyl halides is 3. The molecule has 0 saturated heterocycles. The predicted octanol–water partition coefficient (Wildman–Crippen LogP) is 1.03. The van der Waals surface area contributed by atoms with Crippen LogP contribution in [0.3, 0.4) is 0 Å². The minimum atomic E-state index is -4.73. The number of hydrogen-bond donors (Lipinski definition) is 1. The number of hydrogen-bond acceptors (Lipinski definition) is 4. The summed E-state index contributed by atoms with van der Waals surface area (Å²) in [6, 6.07) is 0. The fourth-order valence-corrected chi connectivity index (χ4v) is 0.822. The number of nitrogens with two attached hydrogens (primary N) is 1. The summed E-state index contributed by atoms with van der Waals surface area (Å²) in [7, 11) is 0.970. The molecular weight excluding hydrogens is 213 g/mol. The van der Waals surface area contributed by atoms with E-state index >= 15 is 0 Å². The second-order valence-corrected chi connectivity index (χ2v) is 2.39. The smallest absolute Gasteiger partial charge is 0.420 e. The molecule has 0 radical (unpaired) electrons. The van der Waals surface area contributed by atoms with Crippen LogP contribution < -0.4 is 5.73 Å². The molecule has 7 heteroatoms. The molecule has 0 aliphatic rings. The van der Waals surface area contributed by atoms with E-state index in [1.807, 2.05) is 0 Å². The third-order valence-corrected chi connectivity index (χ3v) is 1.42. The summed E-state index contributed by atoms with van der Waals surface area (Å²) in [5, 5.41) is 0. The molecule has 0 spiro atoms. The molecule has 0 rings (SSSR count). The summed E-state index contributed by atoms with van der Waals surface area (Å²) < 4.78 is 41.2. The Bertz CT molecular complexity index is 295. The Labute approximate surface area is 84.6 Å². The molecule has 0 bridgehead atoms. The monoisotopic (exact) mass is 224 g/mol. The van der Waals surface area contributed by atoms with Gasteiger partial charge in [0.05, 0.1) is 7.11 Å². The molecule has 86 valence electrons. The lowest BCUT2D eigenvalue weighted by Crippen LogP contribution is -2.28. The van der Waals surface area contributed by atoms with Gasteiger partial charge >= 0.3 is 12.1 Å². The third kappa shape index (κ3) is 3.61. The van der Waals surface area contributed by atoms with Gasteiger partial charge in [0.15, 0.2) is 5.71 Å². The Kier molecular flexibility index (Phi) is 4.83. The molecule has 0 aliphatic heterocycles. The van der Waals surface area contributed by atoms with Crippen molar-refractivity contribution < 1.29 is 22.7 Å². The van der Waals surface area contributed by atoms with E-state index < -0.39 is 23.4 Å². The molecule has 0 atom stereocenters. The zero-order valence-corrected chi connectivity index (χ0v) is 8.26. The van der Waals surface area contributed by atoms with Gasteiger partial charge in [0.1, 0.15) is 5.57 Å². The van der Waals surface area contributed by atoms with Crippen LogP contribution in [0, 0.1) is 0 Å². The largest absolute Gasteiger partial charge is 0.464 e. The second-order valence-electron chi connectivity index (χ2n) is 2.39. The number of ether oxygens (including phenoxy) is 1. The van der Waals surface area contributed by atoms with Crippen molar-refractivity contribution >= 4 is 11.7 Å². The minimum absolute atomic E-state index is 0.0256. The zero-order chi connectivity index (χ0) is 12.1. The molecule has 0 aliphatic carbocycles. The maximum Gasteiger partial charge on any atom is 0.420 e. The average Bonchev–Trinajstić information content (AvgIpc) is 2.14. The lowest BCUT2D eigenvalue weighted by Gasteiger charge is -2.11. The maximum absolute atomic E-state index is 12.4. The molecule has 0 aromatic carbocycles. The maximum atomic E-state index is 12.4. The van der Waals surface area contributed by atoms with E-state index in [1.165, 1.54) is 6.92 Å². The lowest BCUT2D eigenvalue weighted by atomic mass is 10.1. The summed E-state index contributed by atoms with van der Waals surface area (Å²) in [6.07, 6.45) is -4.43. The fraction of sp³-hybridized carbons (Fsp3) is 0.500. The first-order valence-electron chi connectivity index (χ1n) is 4.00. The van der Waals surface area contributed by atoms with E-state index in [9.17, 15) is 18.0 Å². The fourth-order valence-electron chi connectivity index (χ4n) is 0.822. The SMILES string of the molecule is CCN=C(C(=O)OC)/C(=C\N)C(F)(F)F. The van der Waals surface area contributed by atoms with Crippen molar-refractivity contribution in [3.63, 3.8) is 0 Å². The van der Waals surface area contributed by atoms with E-state index in [-0.39, 0.29) is 6.54 Å². The Balaban J connectivity index is 5.26. The molecule has 4 nitrogen and oxygen atoms in total. The Morgan fingerprint density at radius 1 is 1.53 bits per heavy atom. The summed E-state index contributed by atoms with van der Waals surface area (Å²) in [6.45, 7) is 1.52. The van der Waals surface area contributed by atoms with Crippen molar-refractivity contribution in [3.8, 4) is 0 Å². The van der Waals surface area contributed by atoms with Crippen LogP contribution in [0.25, 0.3) is 0 Å². The van der Waals surface area contributed by atoms with Crippen LogP contribution in [0.2, 0.25) is 0 Å². The van der Waals surface area contributed by atoms with E-state index in [1.54, 1.807) is 0 Å². The van der Waals surface area contributed by atoms with Gasteiger partial charge in [-0.2, -0.15) is 13.2 Å². The van der Waals surface area contributed by atoms with Crippen LogP contribution in [0.1, 0.15) is 6.92 Å². The van der Waals surface area contributed by atoms with Gasteiger partial charge in [-0.3, -0.25) is 4.99 Å². The van der Waals surface area contributed by atoms with E-state index in [0.29, 0.717) is 6.20 Å². The van der Waals surface area contributed by atoms with Crippen LogP contribution in [0.15, 0.2) is 16.8 Å². The first kappa shape index (κ1) is 13.5. The first-order chi connectivity index (χ1) is 6.88. The summed E-state index contributed by atoms with van der Waals surface area (Å²) in [5.74, 6) is -1.16. The normalized spacial score (nSPS) is 13.9. The Morgan fingerprint density at radius 2 is 2.07 bits per heavy atom. The number of aliphatic imine (C=N–C) groups is 1. The van der Waals surface area contributed by atoms with Crippen molar-refractivity contribution in [2.45, 2.75) is 13.1 Å². The molecule has 0 saturated carbocycles. The predicted molar refractivity (Wildman–Crippen MR) is 48.3 cm³/mol. The number of esters is 1. The highest BCUT2D eigenvalue weighted by Gasteiger charge is 2.39. The van der Waals surface area contributed by atoms with E-state index in [4.69, 9.17) is 5.73 Å². The van der Waals surface area contributed by atoms with Crippen LogP contribution in [0.5, 0.6) is 0 Å². The van der Waals surface area contributed by atoms with Gasteiger partial charge in [0.2, 0.25) is 0 Å².